The summed E-state index contributed by atoms with van der Waals surface area (Å²) in [6, 6.07) is 0.293. The molecule has 0 aliphatic rings. The molecule has 8 heteroatoms. The Hall–Kier alpha value is -1.93. The summed E-state index contributed by atoms with van der Waals surface area (Å²) < 4.78 is 0. The number of rotatable bonds is 6. The van der Waals surface area contributed by atoms with Crippen molar-refractivity contribution in [3.05, 3.63) is 6.20 Å². The van der Waals surface area contributed by atoms with E-state index in [4.69, 9.17) is 5.84 Å². The molecule has 0 radical (unpaired) electrons. The third-order valence-electron chi connectivity index (χ3n) is 2.83. The van der Waals surface area contributed by atoms with E-state index in [0.717, 1.165) is 24.2 Å². The smallest absolute Gasteiger partial charge is 0.241 e. The van der Waals surface area contributed by atoms with E-state index in [1.165, 1.54) is 0 Å². The van der Waals surface area contributed by atoms with Gasteiger partial charge >= 0.3 is 0 Å². The van der Waals surface area contributed by atoms with Gasteiger partial charge in [0.05, 0.1) is 11.6 Å². The molecule has 0 aliphatic carbocycles. The van der Waals surface area contributed by atoms with Crippen molar-refractivity contribution >= 4 is 22.8 Å². The van der Waals surface area contributed by atoms with Crippen LogP contribution in [0.3, 0.4) is 0 Å². The predicted octanol–water partition coefficient (Wildman–Crippen LogP) is 0.391. The van der Waals surface area contributed by atoms with Gasteiger partial charge < -0.3 is 10.2 Å². The molecule has 2 aromatic rings. The summed E-state index contributed by atoms with van der Waals surface area (Å²) in [6.45, 7) is 3.13. The zero-order valence-corrected chi connectivity index (χ0v) is 11.4. The number of nitrogen functional groups attached to an aromatic ring is 1. The number of hydrazine groups is 1. The first kappa shape index (κ1) is 13.5. The van der Waals surface area contributed by atoms with Gasteiger partial charge in [-0.3, -0.25) is 10.5 Å². The van der Waals surface area contributed by atoms with Crippen molar-refractivity contribution in [2.24, 2.45) is 5.84 Å². The van der Waals surface area contributed by atoms with Crippen LogP contribution in [-0.2, 0) is 0 Å². The number of anilines is 2. The van der Waals surface area contributed by atoms with E-state index in [1.807, 2.05) is 0 Å². The van der Waals surface area contributed by atoms with Crippen molar-refractivity contribution in [3.63, 3.8) is 0 Å². The van der Waals surface area contributed by atoms with Crippen LogP contribution < -0.4 is 16.6 Å². The molecule has 8 nitrogen and oxygen atoms in total. The average molecular weight is 264 g/mol. The number of aromatic amines is 1. The number of nitrogens with two attached hydrogens (primary N) is 1. The van der Waals surface area contributed by atoms with Crippen LogP contribution in [0.1, 0.15) is 13.3 Å². The Morgan fingerprint density at radius 2 is 2.21 bits per heavy atom. The van der Waals surface area contributed by atoms with Crippen LogP contribution in [0.4, 0.5) is 11.8 Å². The second-order valence-corrected chi connectivity index (χ2v) is 4.81. The van der Waals surface area contributed by atoms with Crippen molar-refractivity contribution in [2.45, 2.75) is 19.4 Å². The SMILES string of the molecule is CC(CCN(C)C)Nc1nc(NN)nc2[nH]ncc12. The molecule has 104 valence electrons. The third-order valence-corrected chi connectivity index (χ3v) is 2.83. The van der Waals surface area contributed by atoms with Gasteiger partial charge in [-0.05, 0) is 34.0 Å². The van der Waals surface area contributed by atoms with Crippen LogP contribution in [0.15, 0.2) is 6.20 Å². The summed E-state index contributed by atoms with van der Waals surface area (Å²) in [5, 5.41) is 11.0. The fourth-order valence-electron chi connectivity index (χ4n) is 1.77. The van der Waals surface area contributed by atoms with Crippen LogP contribution in [0, 0.1) is 0 Å². The molecule has 0 saturated carbocycles. The zero-order valence-electron chi connectivity index (χ0n) is 11.4. The zero-order chi connectivity index (χ0) is 13.8. The van der Waals surface area contributed by atoms with E-state index < -0.39 is 0 Å². The van der Waals surface area contributed by atoms with Gasteiger partial charge in [-0.1, -0.05) is 0 Å². The van der Waals surface area contributed by atoms with Crippen LogP contribution >= 0.6 is 0 Å². The second-order valence-electron chi connectivity index (χ2n) is 4.81. The minimum Gasteiger partial charge on any atom is -0.367 e. The van der Waals surface area contributed by atoms with Gasteiger partial charge in [-0.15, -0.1) is 0 Å². The van der Waals surface area contributed by atoms with Gasteiger partial charge in [-0.2, -0.15) is 15.1 Å². The molecular weight excluding hydrogens is 244 g/mol. The minimum absolute atomic E-state index is 0.293. The fourth-order valence-corrected chi connectivity index (χ4v) is 1.77. The van der Waals surface area contributed by atoms with Crippen LogP contribution in [0.2, 0.25) is 0 Å². The molecule has 0 fully saturated rings. The Morgan fingerprint density at radius 1 is 1.42 bits per heavy atom. The fraction of sp³-hybridized carbons (Fsp3) is 0.545. The lowest BCUT2D eigenvalue weighted by Gasteiger charge is -2.17. The van der Waals surface area contributed by atoms with Crippen molar-refractivity contribution in [3.8, 4) is 0 Å². The number of fused-ring (bicyclic) bond motifs is 1. The monoisotopic (exact) mass is 264 g/mol. The van der Waals surface area contributed by atoms with E-state index >= 15 is 0 Å². The lowest BCUT2D eigenvalue weighted by Crippen LogP contribution is -2.24. The topological polar surface area (TPSA) is 108 Å². The van der Waals surface area contributed by atoms with Gasteiger partial charge in [0.15, 0.2) is 5.65 Å². The van der Waals surface area contributed by atoms with Gasteiger partial charge in [0.2, 0.25) is 5.95 Å². The number of hydrogen-bond donors (Lipinski definition) is 4. The highest BCUT2D eigenvalue weighted by Crippen LogP contribution is 2.20. The Morgan fingerprint density at radius 3 is 2.89 bits per heavy atom. The molecule has 19 heavy (non-hydrogen) atoms. The molecule has 1 atom stereocenters. The largest absolute Gasteiger partial charge is 0.367 e. The molecule has 0 bridgehead atoms. The van der Waals surface area contributed by atoms with Gasteiger partial charge in [0.1, 0.15) is 5.82 Å². The van der Waals surface area contributed by atoms with Gasteiger partial charge in [-0.25, -0.2) is 5.84 Å². The maximum atomic E-state index is 5.36. The van der Waals surface area contributed by atoms with E-state index in [2.05, 4.69) is 56.8 Å². The van der Waals surface area contributed by atoms with E-state index in [9.17, 15) is 0 Å². The standard InChI is InChI=1S/C11H20N8/c1-7(4-5-19(2)3)14-9-8-6-13-18-10(8)16-11(15-9)17-12/h6-7H,4-5,12H2,1-3H3,(H3,13,14,15,16,17,18). The first-order chi connectivity index (χ1) is 9.10. The number of nitrogens with zero attached hydrogens (tertiary/aromatic N) is 4. The number of H-pyrrole nitrogens is 1. The van der Waals surface area contributed by atoms with Crippen LogP contribution in [0.25, 0.3) is 11.0 Å². The van der Waals surface area contributed by atoms with Crippen molar-refractivity contribution < 1.29 is 0 Å². The quantitative estimate of drug-likeness (QED) is 0.441. The van der Waals surface area contributed by atoms with Crippen molar-refractivity contribution in [1.82, 2.24) is 25.1 Å². The number of hydrogen-bond acceptors (Lipinski definition) is 7. The normalized spacial score (nSPS) is 12.9. The Labute approximate surface area is 111 Å². The van der Waals surface area contributed by atoms with Gasteiger partial charge in [0.25, 0.3) is 0 Å². The highest BCUT2D eigenvalue weighted by Gasteiger charge is 2.11. The van der Waals surface area contributed by atoms with Crippen LogP contribution in [-0.4, -0.2) is 51.7 Å². The third kappa shape index (κ3) is 3.30. The van der Waals surface area contributed by atoms with E-state index in [0.29, 0.717) is 17.6 Å². The highest BCUT2D eigenvalue weighted by molar-refractivity contribution is 5.87. The minimum atomic E-state index is 0.293. The molecule has 5 N–H and O–H groups in total. The van der Waals surface area contributed by atoms with Crippen molar-refractivity contribution in [2.75, 3.05) is 31.4 Å². The predicted molar refractivity (Wildman–Crippen MR) is 75.7 cm³/mol. The first-order valence-electron chi connectivity index (χ1n) is 6.19. The Bertz CT molecular complexity index is 534. The molecule has 0 aromatic carbocycles. The first-order valence-corrected chi connectivity index (χ1v) is 6.19. The maximum Gasteiger partial charge on any atom is 0.241 e. The summed E-state index contributed by atoms with van der Waals surface area (Å²) >= 11 is 0. The maximum absolute atomic E-state index is 5.36. The van der Waals surface area contributed by atoms with E-state index in [-0.39, 0.29) is 0 Å². The lowest BCUT2D eigenvalue weighted by molar-refractivity contribution is 0.390. The van der Waals surface area contributed by atoms with Crippen molar-refractivity contribution in [1.29, 1.82) is 0 Å². The molecule has 2 rings (SSSR count). The second kappa shape index (κ2) is 5.81. The average Bonchev–Trinajstić information content (AvgIpc) is 2.84. The number of nitrogens with one attached hydrogen (secondary N) is 3. The lowest BCUT2D eigenvalue weighted by atomic mass is 10.2. The molecule has 0 spiro atoms. The number of aromatic nitrogens is 4. The summed E-state index contributed by atoms with van der Waals surface area (Å²) in [6.07, 6.45) is 2.72. The Kier molecular flexibility index (Phi) is 4.13. The summed E-state index contributed by atoms with van der Waals surface area (Å²) in [4.78, 5) is 10.7. The Balaban J connectivity index is 2.16. The van der Waals surface area contributed by atoms with Crippen LogP contribution in [0.5, 0.6) is 0 Å². The molecule has 0 saturated heterocycles. The summed E-state index contributed by atoms with van der Waals surface area (Å²) in [5.41, 5.74) is 3.11. The highest BCUT2D eigenvalue weighted by atomic mass is 15.3. The molecule has 0 aliphatic heterocycles. The molecule has 2 heterocycles. The molecule has 1 unspecified atom stereocenters. The van der Waals surface area contributed by atoms with E-state index in [1.54, 1.807) is 6.20 Å². The van der Waals surface area contributed by atoms with Gasteiger partial charge in [0, 0.05) is 6.04 Å². The molecule has 0 amide bonds. The molecular formula is C11H20N8. The summed E-state index contributed by atoms with van der Waals surface area (Å²) in [5.74, 6) is 6.46. The molecule has 2 aromatic heterocycles. The summed E-state index contributed by atoms with van der Waals surface area (Å²) in [7, 11) is 4.12.